The third-order valence-electron chi connectivity index (χ3n) is 6.90. The predicted molar refractivity (Wildman–Crippen MR) is 165 cm³/mol. The molecule has 1 fully saturated rings. The average Bonchev–Trinajstić information content (AvgIpc) is 3.02. The van der Waals surface area contributed by atoms with E-state index >= 15 is 0 Å². The van der Waals surface area contributed by atoms with E-state index in [1.54, 1.807) is 0 Å². The fourth-order valence-electron chi connectivity index (χ4n) is 4.35. The average molecular weight is 669 g/mol. The lowest BCUT2D eigenvalue weighted by Crippen LogP contribution is -2.64. The molecule has 22 heteroatoms. The Morgan fingerprint density at radius 3 is 2.36 bits per heavy atom. The second kappa shape index (κ2) is 18.8. The number of carbonyl (C=O) groups excluding carboxylic acids is 7. The Kier molecular flexibility index (Phi) is 15.2. The summed E-state index contributed by atoms with van der Waals surface area (Å²) in [7, 11) is 0. The standard InChI is InChI=1S/C25H44N14O8/c26-4-1-2-11(27)6-17(41)32-8-14-20(43)35-15(9-34-25(30)47)21(44)39-18(13-3-5-31-24(29)38-13)23(46)33-7-12(28)19(42)37-16(10-40)22(45)36-14/h9,11-14,16,18,40H,1-8,10,26-28H2,(H,32,41)(H,33,46)(H,35,43)(H,36,45)(H,37,42)(H,39,44)(H3,29,31,38)(H3,30,34,47)/b15-9-/t11?,12?,13-,14?,16?,18?/m1/s1. The largest absolute Gasteiger partial charge is 0.394 e. The zero-order valence-electron chi connectivity index (χ0n) is 25.5. The van der Waals surface area contributed by atoms with Gasteiger partial charge in [0.25, 0.3) is 5.91 Å². The highest BCUT2D eigenvalue weighted by atomic mass is 16.3. The van der Waals surface area contributed by atoms with Gasteiger partial charge in [-0.05, 0) is 25.8 Å². The lowest BCUT2D eigenvalue weighted by atomic mass is 10.0. The monoisotopic (exact) mass is 668 g/mol. The number of urea groups is 1. The fourth-order valence-corrected chi connectivity index (χ4v) is 4.35. The van der Waals surface area contributed by atoms with Crippen LogP contribution >= 0.6 is 0 Å². The zero-order chi connectivity index (χ0) is 35.1. The molecule has 0 radical (unpaired) electrons. The van der Waals surface area contributed by atoms with Gasteiger partial charge in [-0.25, -0.2) is 4.79 Å². The highest BCUT2D eigenvalue weighted by Crippen LogP contribution is 2.07. The van der Waals surface area contributed by atoms with E-state index in [1.165, 1.54) is 0 Å². The van der Waals surface area contributed by atoms with Gasteiger partial charge in [0.15, 0.2) is 5.96 Å². The minimum atomic E-state index is -1.63. The Balaban J connectivity index is 2.45. The number of nitrogens with two attached hydrogens (primary N) is 5. The van der Waals surface area contributed by atoms with Crippen LogP contribution in [0.5, 0.6) is 0 Å². The van der Waals surface area contributed by atoms with E-state index in [1.807, 2.05) is 5.32 Å². The first-order chi connectivity index (χ1) is 22.2. The molecule has 0 saturated carbocycles. The molecule has 0 aliphatic carbocycles. The zero-order valence-corrected chi connectivity index (χ0v) is 25.5. The minimum Gasteiger partial charge on any atom is -0.394 e. The van der Waals surface area contributed by atoms with E-state index in [4.69, 9.17) is 28.7 Å². The maximum Gasteiger partial charge on any atom is 0.316 e. The molecule has 2 rings (SSSR count). The van der Waals surface area contributed by atoms with Gasteiger partial charge in [-0.1, -0.05) is 0 Å². The van der Waals surface area contributed by atoms with Gasteiger partial charge < -0.3 is 76.3 Å². The summed E-state index contributed by atoms with van der Waals surface area (Å²) < 4.78 is 0. The van der Waals surface area contributed by atoms with Gasteiger partial charge in [-0.3, -0.25) is 33.8 Å². The normalized spacial score (nSPS) is 26.3. The van der Waals surface area contributed by atoms with Crippen molar-refractivity contribution in [3.05, 3.63) is 11.9 Å². The number of nitrogens with one attached hydrogen (secondary N) is 8. The van der Waals surface area contributed by atoms with Gasteiger partial charge in [0.05, 0.1) is 12.6 Å². The third-order valence-corrected chi connectivity index (χ3v) is 6.90. The van der Waals surface area contributed by atoms with Crippen LogP contribution in [0.1, 0.15) is 25.7 Å². The van der Waals surface area contributed by atoms with E-state index in [9.17, 15) is 38.7 Å². The lowest BCUT2D eigenvalue weighted by molar-refractivity contribution is -0.134. The molecular formula is C25H44N14O8. The van der Waals surface area contributed by atoms with Crippen LogP contribution in [0, 0.1) is 0 Å². The molecule has 8 amide bonds. The second-order valence-corrected chi connectivity index (χ2v) is 10.7. The molecule has 6 atom stereocenters. The van der Waals surface area contributed by atoms with Gasteiger partial charge in [-0.15, -0.1) is 0 Å². The summed E-state index contributed by atoms with van der Waals surface area (Å²) in [6.07, 6.45) is 1.86. The van der Waals surface area contributed by atoms with E-state index in [2.05, 4.69) is 42.2 Å². The van der Waals surface area contributed by atoms with Gasteiger partial charge in [0.2, 0.25) is 29.5 Å². The second-order valence-electron chi connectivity index (χ2n) is 10.7. The van der Waals surface area contributed by atoms with Crippen molar-refractivity contribution in [3.8, 4) is 0 Å². The number of primary amides is 1. The first-order valence-corrected chi connectivity index (χ1v) is 14.7. The number of hydrogen-bond donors (Lipinski definition) is 14. The first-order valence-electron chi connectivity index (χ1n) is 14.7. The molecule has 2 aliphatic rings. The number of guanidine groups is 1. The number of aliphatic hydroxyl groups is 1. The Bertz CT molecular complexity index is 1240. The number of rotatable bonds is 10. The Hall–Kier alpha value is -5.06. The molecule has 0 bridgehead atoms. The Labute approximate surface area is 269 Å². The summed E-state index contributed by atoms with van der Waals surface area (Å²) in [5.41, 5.74) is 27.6. The van der Waals surface area contributed by atoms with Crippen LogP contribution < -0.4 is 71.2 Å². The fraction of sp³-hybridized carbons (Fsp3) is 0.600. The summed E-state index contributed by atoms with van der Waals surface area (Å²) in [4.78, 5) is 93.9. The van der Waals surface area contributed by atoms with Crippen LogP contribution in [0.3, 0.4) is 0 Å². The number of aliphatic hydroxyl groups excluding tert-OH is 1. The summed E-state index contributed by atoms with van der Waals surface area (Å²) >= 11 is 0. The number of carbonyl (C=O) groups is 7. The van der Waals surface area contributed by atoms with Crippen LogP contribution in [0.2, 0.25) is 0 Å². The van der Waals surface area contributed by atoms with E-state index in [0.29, 0.717) is 19.4 Å². The molecule has 2 heterocycles. The molecule has 19 N–H and O–H groups in total. The maximum absolute atomic E-state index is 13.5. The molecule has 2 aliphatic heterocycles. The van der Waals surface area contributed by atoms with E-state index in [-0.39, 0.29) is 25.3 Å². The van der Waals surface area contributed by atoms with Gasteiger partial charge in [0, 0.05) is 38.3 Å². The van der Waals surface area contributed by atoms with Crippen molar-refractivity contribution in [2.75, 3.05) is 32.8 Å². The van der Waals surface area contributed by atoms with Crippen molar-refractivity contribution in [1.82, 2.24) is 42.5 Å². The molecule has 0 aromatic heterocycles. The summed E-state index contributed by atoms with van der Waals surface area (Å²) in [5, 5.41) is 28.7. The number of amides is 8. The number of nitrogens with zero attached hydrogens (tertiary/aromatic N) is 1. The smallest absolute Gasteiger partial charge is 0.316 e. The molecule has 22 nitrogen and oxygen atoms in total. The Morgan fingerprint density at radius 2 is 1.72 bits per heavy atom. The molecule has 0 spiro atoms. The predicted octanol–water partition coefficient (Wildman–Crippen LogP) is -8.23. The quantitative estimate of drug-likeness (QED) is 0.0963. The maximum atomic E-state index is 13.5. The number of hydrogen-bond acceptors (Lipinski definition) is 14. The van der Waals surface area contributed by atoms with Crippen LogP contribution in [0.4, 0.5) is 4.79 Å². The molecule has 0 aromatic carbocycles. The van der Waals surface area contributed by atoms with Gasteiger partial charge in [-0.2, -0.15) is 0 Å². The highest BCUT2D eigenvalue weighted by molar-refractivity contribution is 6.02. The topological polar surface area (TPSA) is 378 Å². The summed E-state index contributed by atoms with van der Waals surface area (Å²) in [6, 6.07) is -8.54. The van der Waals surface area contributed by atoms with Crippen molar-refractivity contribution in [2.45, 2.75) is 61.9 Å². The van der Waals surface area contributed by atoms with Crippen molar-refractivity contribution in [1.29, 1.82) is 0 Å². The van der Waals surface area contributed by atoms with Crippen molar-refractivity contribution in [3.63, 3.8) is 0 Å². The molecular weight excluding hydrogens is 624 g/mol. The van der Waals surface area contributed by atoms with Crippen molar-refractivity contribution >= 4 is 47.4 Å². The molecule has 47 heavy (non-hydrogen) atoms. The van der Waals surface area contributed by atoms with Crippen LogP contribution in [0.25, 0.3) is 0 Å². The minimum absolute atomic E-state index is 0.0120. The number of aliphatic imine (C=N–C) groups is 1. The van der Waals surface area contributed by atoms with Crippen molar-refractivity contribution in [2.24, 2.45) is 33.7 Å². The lowest BCUT2D eigenvalue weighted by Gasteiger charge is -2.31. The van der Waals surface area contributed by atoms with Crippen LogP contribution in [-0.2, 0) is 28.8 Å². The molecule has 5 unspecified atom stereocenters. The van der Waals surface area contributed by atoms with Crippen LogP contribution in [0.15, 0.2) is 16.9 Å². The molecule has 1 saturated heterocycles. The summed E-state index contributed by atoms with van der Waals surface area (Å²) in [5.74, 6) is -5.62. The highest BCUT2D eigenvalue weighted by Gasteiger charge is 2.35. The van der Waals surface area contributed by atoms with E-state index < -0.39 is 103 Å². The Morgan fingerprint density at radius 1 is 1.02 bits per heavy atom. The third kappa shape index (κ3) is 12.7. The molecule has 0 aromatic rings. The van der Waals surface area contributed by atoms with Crippen LogP contribution in [-0.4, -0.2) is 122 Å². The first kappa shape index (κ1) is 38.1. The molecule has 262 valence electrons. The SMILES string of the molecule is NCCCC(N)CC(=O)NCC1NC(=O)C(CO)NC(=O)C(N)CNC(=O)C([C@H]2CCN=C(N)N2)NC(=O)/C(=C/NC(N)=O)NC1=O. The van der Waals surface area contributed by atoms with Gasteiger partial charge >= 0.3 is 6.03 Å². The summed E-state index contributed by atoms with van der Waals surface area (Å²) in [6.45, 7) is -1.36. The van der Waals surface area contributed by atoms with E-state index in [0.717, 1.165) is 6.20 Å². The van der Waals surface area contributed by atoms with Crippen molar-refractivity contribution < 1.29 is 38.7 Å². The van der Waals surface area contributed by atoms with Gasteiger partial charge in [0.1, 0.15) is 29.9 Å².